The fraction of sp³-hybridized carbons (Fsp3) is 0.0400. The minimum absolute atomic E-state index is 0.156. The van der Waals surface area contributed by atoms with E-state index in [0.29, 0.717) is 12.0 Å². The Hall–Kier alpha value is -3.92. The Morgan fingerprint density at radius 2 is 1.10 bits per heavy atom. The zero-order valence-corrected chi connectivity index (χ0v) is 15.4. The minimum Gasteiger partial charge on any atom is -0.508 e. The first kappa shape index (κ1) is 17.2. The summed E-state index contributed by atoms with van der Waals surface area (Å²) in [5, 5.41) is 40.5. The van der Waals surface area contributed by atoms with E-state index in [4.69, 9.17) is 0 Å². The molecular weight excluding hydrogens is 364 g/mol. The zero-order valence-electron chi connectivity index (χ0n) is 15.4. The summed E-state index contributed by atoms with van der Waals surface area (Å²) in [5.41, 5.74) is 6.85. The van der Waals surface area contributed by atoms with Crippen molar-refractivity contribution in [3.05, 3.63) is 83.9 Å². The third kappa shape index (κ3) is 2.77. The molecular formula is C25H18O4. The smallest absolute Gasteiger partial charge is 0.128 e. The van der Waals surface area contributed by atoms with Gasteiger partial charge in [-0.05, 0) is 75.8 Å². The molecule has 4 N–H and O–H groups in total. The highest BCUT2D eigenvalue weighted by Crippen LogP contribution is 2.50. The Bertz CT molecular complexity index is 1240. The molecule has 0 aliphatic heterocycles. The lowest BCUT2D eigenvalue weighted by atomic mass is 9.89. The normalized spacial score (nSPS) is 11.9. The predicted molar refractivity (Wildman–Crippen MR) is 112 cm³/mol. The number of benzene rings is 4. The van der Waals surface area contributed by atoms with Gasteiger partial charge in [-0.2, -0.15) is 0 Å². The molecule has 0 radical (unpaired) electrons. The summed E-state index contributed by atoms with van der Waals surface area (Å²) in [6, 6.07) is 20.9. The van der Waals surface area contributed by atoms with Gasteiger partial charge in [-0.15, -0.1) is 0 Å². The molecule has 4 nitrogen and oxygen atoms in total. The van der Waals surface area contributed by atoms with E-state index in [-0.39, 0.29) is 23.0 Å². The molecule has 4 aromatic rings. The number of hydrogen-bond donors (Lipinski definition) is 4. The van der Waals surface area contributed by atoms with Gasteiger partial charge in [-0.3, -0.25) is 0 Å². The van der Waals surface area contributed by atoms with Crippen LogP contribution in [0, 0.1) is 0 Å². The molecule has 4 aromatic carbocycles. The van der Waals surface area contributed by atoms with E-state index in [2.05, 4.69) is 0 Å². The van der Waals surface area contributed by atoms with Gasteiger partial charge >= 0.3 is 0 Å². The first-order valence-corrected chi connectivity index (χ1v) is 9.31. The van der Waals surface area contributed by atoms with Crippen molar-refractivity contribution in [1.82, 2.24) is 0 Å². The molecule has 0 fully saturated rings. The van der Waals surface area contributed by atoms with E-state index in [1.165, 1.54) is 0 Å². The molecule has 1 aliphatic carbocycles. The van der Waals surface area contributed by atoms with E-state index in [0.717, 1.165) is 38.9 Å². The Morgan fingerprint density at radius 3 is 1.76 bits per heavy atom. The molecule has 0 saturated heterocycles. The van der Waals surface area contributed by atoms with Crippen LogP contribution in [0.3, 0.4) is 0 Å². The van der Waals surface area contributed by atoms with Crippen LogP contribution in [0.15, 0.2) is 72.8 Å². The second kappa shape index (κ2) is 6.31. The Labute approximate surface area is 167 Å². The summed E-state index contributed by atoms with van der Waals surface area (Å²) < 4.78 is 0. The van der Waals surface area contributed by atoms with Crippen molar-refractivity contribution < 1.29 is 20.4 Å². The number of phenols is 4. The summed E-state index contributed by atoms with van der Waals surface area (Å²) in [5.74, 6) is 0.718. The molecule has 0 bridgehead atoms. The molecule has 0 atom stereocenters. The maximum atomic E-state index is 11.3. The molecule has 0 heterocycles. The number of hydrogen-bond acceptors (Lipinski definition) is 4. The second-order valence-electron chi connectivity index (χ2n) is 7.29. The van der Waals surface area contributed by atoms with Gasteiger partial charge in [0.15, 0.2) is 0 Å². The van der Waals surface area contributed by atoms with Gasteiger partial charge in [0.2, 0.25) is 0 Å². The van der Waals surface area contributed by atoms with Gasteiger partial charge in [-0.1, -0.05) is 30.3 Å². The van der Waals surface area contributed by atoms with Gasteiger partial charge < -0.3 is 20.4 Å². The van der Waals surface area contributed by atoms with Crippen LogP contribution in [0.2, 0.25) is 0 Å². The van der Waals surface area contributed by atoms with Crippen LogP contribution in [0.4, 0.5) is 0 Å². The van der Waals surface area contributed by atoms with Gasteiger partial charge in [0, 0.05) is 17.5 Å². The van der Waals surface area contributed by atoms with Crippen molar-refractivity contribution in [2.24, 2.45) is 0 Å². The highest BCUT2D eigenvalue weighted by Gasteiger charge is 2.27. The Kier molecular flexibility index (Phi) is 3.74. The first-order valence-electron chi connectivity index (χ1n) is 9.31. The lowest BCUT2D eigenvalue weighted by Crippen LogP contribution is -1.92. The second-order valence-corrected chi connectivity index (χ2v) is 7.29. The van der Waals surface area contributed by atoms with Crippen LogP contribution >= 0.6 is 0 Å². The van der Waals surface area contributed by atoms with E-state index in [1.54, 1.807) is 48.5 Å². The van der Waals surface area contributed by atoms with Crippen LogP contribution in [-0.4, -0.2) is 20.4 Å². The maximum Gasteiger partial charge on any atom is 0.128 e. The molecule has 142 valence electrons. The molecule has 0 amide bonds. The molecule has 0 unspecified atom stereocenters. The third-order valence-corrected chi connectivity index (χ3v) is 5.49. The lowest BCUT2D eigenvalue weighted by Gasteiger charge is -2.17. The van der Waals surface area contributed by atoms with Crippen LogP contribution < -0.4 is 0 Å². The fourth-order valence-corrected chi connectivity index (χ4v) is 4.10. The summed E-state index contributed by atoms with van der Waals surface area (Å²) >= 11 is 0. The molecule has 0 saturated carbocycles. The zero-order chi connectivity index (χ0) is 20.1. The SMILES string of the molecule is Oc1ccc(-c2cc3c(c(O)c2-c2ccc(O)cc2)Cc2cc(O)ccc2-3)cc1. The van der Waals surface area contributed by atoms with Gasteiger partial charge in [0.05, 0.1) is 0 Å². The average Bonchev–Trinajstić information content (AvgIpc) is 3.07. The lowest BCUT2D eigenvalue weighted by molar-refractivity contribution is 0.471. The van der Waals surface area contributed by atoms with E-state index >= 15 is 0 Å². The number of aromatic hydroxyl groups is 4. The van der Waals surface area contributed by atoms with E-state index in [9.17, 15) is 20.4 Å². The molecule has 5 rings (SSSR count). The van der Waals surface area contributed by atoms with Crippen molar-refractivity contribution in [3.63, 3.8) is 0 Å². The fourth-order valence-electron chi connectivity index (χ4n) is 4.10. The van der Waals surface area contributed by atoms with Crippen molar-refractivity contribution in [2.45, 2.75) is 6.42 Å². The highest BCUT2D eigenvalue weighted by atomic mass is 16.3. The van der Waals surface area contributed by atoms with Crippen molar-refractivity contribution in [1.29, 1.82) is 0 Å². The Balaban J connectivity index is 1.81. The summed E-state index contributed by atoms with van der Waals surface area (Å²) in [6.07, 6.45) is 0.534. The largest absolute Gasteiger partial charge is 0.508 e. The molecule has 1 aliphatic rings. The Morgan fingerprint density at radius 1 is 0.517 bits per heavy atom. The van der Waals surface area contributed by atoms with Crippen LogP contribution in [0.1, 0.15) is 11.1 Å². The summed E-state index contributed by atoms with van der Waals surface area (Å²) in [7, 11) is 0. The quantitative estimate of drug-likeness (QED) is 0.329. The molecule has 29 heavy (non-hydrogen) atoms. The standard InChI is InChI=1S/C25H18O4/c26-17-5-1-14(2-6-17)21-13-22-20-10-9-19(28)11-16(20)12-23(22)25(29)24(21)15-3-7-18(27)8-4-15/h1-11,13,26-29H,12H2. The van der Waals surface area contributed by atoms with Crippen LogP contribution in [0.25, 0.3) is 33.4 Å². The maximum absolute atomic E-state index is 11.3. The van der Waals surface area contributed by atoms with Crippen LogP contribution in [-0.2, 0) is 6.42 Å². The van der Waals surface area contributed by atoms with Gasteiger partial charge in [0.1, 0.15) is 23.0 Å². The van der Waals surface area contributed by atoms with Gasteiger partial charge in [0.25, 0.3) is 0 Å². The van der Waals surface area contributed by atoms with Crippen LogP contribution in [0.5, 0.6) is 23.0 Å². The summed E-state index contributed by atoms with van der Waals surface area (Å²) in [4.78, 5) is 0. The molecule has 0 aromatic heterocycles. The topological polar surface area (TPSA) is 80.9 Å². The number of rotatable bonds is 2. The van der Waals surface area contributed by atoms with Crippen molar-refractivity contribution in [3.8, 4) is 56.4 Å². The molecule has 4 heteroatoms. The molecule has 0 spiro atoms. The average molecular weight is 382 g/mol. The van der Waals surface area contributed by atoms with E-state index in [1.807, 2.05) is 24.3 Å². The number of fused-ring (bicyclic) bond motifs is 3. The first-order chi connectivity index (χ1) is 14.0. The highest BCUT2D eigenvalue weighted by molar-refractivity contribution is 5.95. The summed E-state index contributed by atoms with van der Waals surface area (Å²) in [6.45, 7) is 0. The van der Waals surface area contributed by atoms with Crippen molar-refractivity contribution >= 4 is 0 Å². The predicted octanol–water partition coefficient (Wildman–Crippen LogP) is 5.41. The van der Waals surface area contributed by atoms with Crippen molar-refractivity contribution in [2.75, 3.05) is 0 Å². The van der Waals surface area contributed by atoms with E-state index < -0.39 is 0 Å². The third-order valence-electron chi connectivity index (χ3n) is 5.49. The monoisotopic (exact) mass is 382 g/mol. The number of phenolic OH excluding ortho intramolecular Hbond substituents is 4. The minimum atomic E-state index is 0.156. The van der Waals surface area contributed by atoms with Gasteiger partial charge in [-0.25, -0.2) is 0 Å².